The summed E-state index contributed by atoms with van der Waals surface area (Å²) in [6.07, 6.45) is -0.421. The van der Waals surface area contributed by atoms with Crippen LogP contribution in [0.5, 0.6) is 5.95 Å². The smallest absolute Gasteiger partial charge is 0.481 e. The van der Waals surface area contributed by atoms with Gasteiger partial charge in [-0.15, -0.1) is 0 Å². The van der Waals surface area contributed by atoms with Gasteiger partial charge in [-0.25, -0.2) is 4.79 Å². The van der Waals surface area contributed by atoms with Crippen molar-refractivity contribution >= 4 is 6.16 Å². The molecule has 56 valence electrons. The van der Waals surface area contributed by atoms with E-state index in [0.29, 0.717) is 0 Å². The van der Waals surface area contributed by atoms with E-state index in [1.165, 1.54) is 12.3 Å². The molecule has 5 heteroatoms. The molecule has 0 aliphatic carbocycles. The second kappa shape index (κ2) is 4.25. The molecule has 0 radical (unpaired) electrons. The van der Waals surface area contributed by atoms with Crippen molar-refractivity contribution in [2.24, 2.45) is 0 Å². The van der Waals surface area contributed by atoms with Crippen molar-refractivity contribution in [3.05, 3.63) is 18.4 Å². The normalized spacial score (nSPS) is 7.60. The lowest BCUT2D eigenvalue weighted by atomic mass is 10.7. The molecule has 0 atom stereocenters. The summed E-state index contributed by atoms with van der Waals surface area (Å²) in [6, 6.07) is 3.09. The molecule has 0 fully saturated rings. The molecule has 1 rings (SSSR count). The van der Waals surface area contributed by atoms with Gasteiger partial charge < -0.3 is 19.7 Å². The van der Waals surface area contributed by atoms with E-state index >= 15 is 0 Å². The third kappa shape index (κ3) is 6.35. The molecule has 1 aromatic rings. The van der Waals surface area contributed by atoms with Gasteiger partial charge in [0.25, 0.3) is 5.95 Å². The second-order valence-electron chi connectivity index (χ2n) is 1.23. The van der Waals surface area contributed by atoms with Gasteiger partial charge in [-0.1, -0.05) is 0 Å². The van der Waals surface area contributed by atoms with Gasteiger partial charge in [-0.05, 0) is 6.07 Å². The zero-order valence-electron chi connectivity index (χ0n) is 4.89. The molecular weight excluding hydrogens is 140 g/mol. The first kappa shape index (κ1) is 8.35. The highest BCUT2D eigenvalue weighted by atomic mass is 16.6. The molecule has 10 heavy (non-hydrogen) atoms. The minimum absolute atomic E-state index is 0.0324. The summed E-state index contributed by atoms with van der Waals surface area (Å²) in [4.78, 5) is 8.56. The highest BCUT2D eigenvalue weighted by Crippen LogP contribution is 2.04. The van der Waals surface area contributed by atoms with Crippen LogP contribution in [-0.4, -0.2) is 21.5 Å². The minimum Gasteiger partial charge on any atom is -0.481 e. The van der Waals surface area contributed by atoms with Crippen LogP contribution in [0, 0.1) is 0 Å². The Labute approximate surface area is 56.1 Å². The summed E-state index contributed by atoms with van der Waals surface area (Å²) in [6.45, 7) is 0. The first-order chi connectivity index (χ1) is 4.63. The predicted molar refractivity (Wildman–Crippen MR) is 31.0 cm³/mol. The quantitative estimate of drug-likeness (QED) is 0.511. The zero-order chi connectivity index (χ0) is 7.98. The molecular formula is C5H6O5. The maximum absolute atomic E-state index is 8.56. The maximum Gasteiger partial charge on any atom is 0.503 e. The fraction of sp³-hybridized carbons (Fsp3) is 0. The lowest BCUT2D eigenvalue weighted by molar-refractivity contribution is 0.137. The molecule has 0 aromatic carbocycles. The van der Waals surface area contributed by atoms with Crippen LogP contribution in [0.15, 0.2) is 22.8 Å². The molecule has 1 aromatic heterocycles. The van der Waals surface area contributed by atoms with Crippen LogP contribution in [0.2, 0.25) is 0 Å². The number of hydrogen-bond acceptors (Lipinski definition) is 3. The molecule has 0 saturated carbocycles. The highest BCUT2D eigenvalue weighted by molar-refractivity contribution is 5.53. The molecule has 0 saturated heterocycles. The Kier molecular flexibility index (Phi) is 3.55. The van der Waals surface area contributed by atoms with E-state index < -0.39 is 6.16 Å². The van der Waals surface area contributed by atoms with Gasteiger partial charge in [0.15, 0.2) is 0 Å². The van der Waals surface area contributed by atoms with Gasteiger partial charge in [-0.2, -0.15) is 0 Å². The number of hydrogen-bond donors (Lipinski definition) is 3. The van der Waals surface area contributed by atoms with Crippen molar-refractivity contribution in [3.8, 4) is 5.95 Å². The van der Waals surface area contributed by atoms with E-state index in [2.05, 4.69) is 4.42 Å². The molecule has 0 aliphatic heterocycles. The summed E-state index contributed by atoms with van der Waals surface area (Å²) in [5.74, 6) is -0.0324. The summed E-state index contributed by atoms with van der Waals surface area (Å²) in [5.41, 5.74) is 0. The highest BCUT2D eigenvalue weighted by Gasteiger charge is 1.79. The lowest BCUT2D eigenvalue weighted by Gasteiger charge is -1.69. The number of rotatable bonds is 0. The van der Waals surface area contributed by atoms with Crippen LogP contribution in [0.25, 0.3) is 0 Å². The van der Waals surface area contributed by atoms with Gasteiger partial charge >= 0.3 is 6.16 Å². The Morgan fingerprint density at radius 1 is 1.50 bits per heavy atom. The first-order valence-corrected chi connectivity index (χ1v) is 2.27. The second-order valence-corrected chi connectivity index (χ2v) is 1.23. The number of aromatic hydroxyl groups is 1. The molecule has 1 heterocycles. The van der Waals surface area contributed by atoms with Crippen molar-refractivity contribution in [2.75, 3.05) is 0 Å². The van der Waals surface area contributed by atoms with Crippen LogP contribution in [-0.2, 0) is 0 Å². The van der Waals surface area contributed by atoms with Crippen LogP contribution >= 0.6 is 0 Å². The van der Waals surface area contributed by atoms with Crippen molar-refractivity contribution in [1.82, 2.24) is 0 Å². The molecule has 0 aliphatic rings. The summed E-state index contributed by atoms with van der Waals surface area (Å²) in [5, 5.41) is 22.2. The van der Waals surface area contributed by atoms with Crippen LogP contribution in [0.3, 0.4) is 0 Å². The predicted octanol–water partition coefficient (Wildman–Crippen LogP) is 1.21. The van der Waals surface area contributed by atoms with Crippen molar-refractivity contribution < 1.29 is 24.5 Å². The molecule has 0 spiro atoms. The largest absolute Gasteiger partial charge is 0.503 e. The summed E-state index contributed by atoms with van der Waals surface area (Å²) >= 11 is 0. The molecule has 0 bridgehead atoms. The third-order valence-electron chi connectivity index (χ3n) is 0.506. The van der Waals surface area contributed by atoms with E-state index in [-0.39, 0.29) is 5.95 Å². The van der Waals surface area contributed by atoms with Gasteiger partial charge in [0.1, 0.15) is 0 Å². The SMILES string of the molecule is O=C(O)O.Oc1ccco1. The lowest BCUT2D eigenvalue weighted by Crippen LogP contribution is -1.81. The fourth-order valence-electron chi connectivity index (χ4n) is 0.270. The van der Waals surface area contributed by atoms with E-state index in [0.717, 1.165) is 0 Å². The fourth-order valence-corrected chi connectivity index (χ4v) is 0.270. The van der Waals surface area contributed by atoms with E-state index in [1.54, 1.807) is 6.07 Å². The zero-order valence-corrected chi connectivity index (χ0v) is 4.89. The van der Waals surface area contributed by atoms with E-state index in [9.17, 15) is 0 Å². The topological polar surface area (TPSA) is 90.9 Å². The Hall–Kier alpha value is -1.65. The van der Waals surface area contributed by atoms with E-state index in [1.807, 2.05) is 0 Å². The molecule has 5 nitrogen and oxygen atoms in total. The molecule has 3 N–H and O–H groups in total. The van der Waals surface area contributed by atoms with Gasteiger partial charge in [0.2, 0.25) is 0 Å². The maximum atomic E-state index is 8.56. The average molecular weight is 146 g/mol. The summed E-state index contributed by atoms with van der Waals surface area (Å²) in [7, 11) is 0. The standard InChI is InChI=1S/C4H4O2.CH2O3/c5-4-2-1-3-6-4;2-1(3)4/h1-3,5H;(H2,2,3,4). The van der Waals surface area contributed by atoms with Crippen molar-refractivity contribution in [1.29, 1.82) is 0 Å². The van der Waals surface area contributed by atoms with Crippen LogP contribution in [0.4, 0.5) is 4.79 Å². The monoisotopic (exact) mass is 146 g/mol. The molecule has 0 amide bonds. The summed E-state index contributed by atoms with van der Waals surface area (Å²) < 4.78 is 4.39. The molecule has 0 unspecified atom stereocenters. The Morgan fingerprint density at radius 3 is 2.10 bits per heavy atom. The minimum atomic E-state index is -1.83. The third-order valence-corrected chi connectivity index (χ3v) is 0.506. The van der Waals surface area contributed by atoms with Gasteiger partial charge in [-0.3, -0.25) is 0 Å². The van der Waals surface area contributed by atoms with Crippen molar-refractivity contribution in [2.45, 2.75) is 0 Å². The number of furan rings is 1. The van der Waals surface area contributed by atoms with E-state index in [4.69, 9.17) is 20.1 Å². The Bertz CT molecular complexity index is 174. The van der Waals surface area contributed by atoms with Gasteiger partial charge in [0, 0.05) is 6.07 Å². The number of carboxylic acid groups (broad SMARTS) is 2. The number of carbonyl (C=O) groups is 1. The van der Waals surface area contributed by atoms with Crippen molar-refractivity contribution in [3.63, 3.8) is 0 Å². The van der Waals surface area contributed by atoms with Gasteiger partial charge in [0.05, 0.1) is 6.26 Å². The Balaban J connectivity index is 0.000000180. The van der Waals surface area contributed by atoms with Crippen LogP contribution in [0.1, 0.15) is 0 Å². The van der Waals surface area contributed by atoms with Crippen LogP contribution < -0.4 is 0 Å². The average Bonchev–Trinajstić information content (AvgIpc) is 2.15. The Morgan fingerprint density at radius 2 is 2.00 bits per heavy atom. The first-order valence-electron chi connectivity index (χ1n) is 2.27.